The molecule has 3 nitrogen and oxygen atoms in total. The average molecular weight is 284 g/mol. The minimum Gasteiger partial charge on any atom is -0.298 e. The first-order chi connectivity index (χ1) is 10.2. The molecule has 0 aliphatic rings. The third-order valence-corrected chi connectivity index (χ3v) is 3.10. The molecule has 0 bridgehead atoms. The van der Waals surface area contributed by atoms with Crippen LogP contribution in [0.1, 0.15) is 10.4 Å². The summed E-state index contributed by atoms with van der Waals surface area (Å²) in [7, 11) is 0. The zero-order valence-corrected chi connectivity index (χ0v) is 10.8. The molecule has 0 aliphatic carbocycles. The Morgan fingerprint density at radius 1 is 1.00 bits per heavy atom. The van der Waals surface area contributed by atoms with Crippen LogP contribution in [0.15, 0.2) is 54.7 Å². The SMILES string of the molecule is O=Cc1cn(-c2ccccc2)nc1-c1cccc(F)c1F. The zero-order valence-electron chi connectivity index (χ0n) is 10.8. The minimum atomic E-state index is -1.01. The highest BCUT2D eigenvalue weighted by Gasteiger charge is 2.17. The molecule has 0 N–H and O–H groups in total. The van der Waals surface area contributed by atoms with Crippen molar-refractivity contribution in [3.05, 3.63) is 71.9 Å². The summed E-state index contributed by atoms with van der Waals surface area (Å²) < 4.78 is 28.7. The molecule has 0 atom stereocenters. The molecule has 0 spiro atoms. The molecule has 0 aliphatic heterocycles. The van der Waals surface area contributed by atoms with Gasteiger partial charge in [0.2, 0.25) is 0 Å². The topological polar surface area (TPSA) is 34.9 Å². The molecule has 104 valence electrons. The van der Waals surface area contributed by atoms with Gasteiger partial charge in [-0.1, -0.05) is 24.3 Å². The van der Waals surface area contributed by atoms with Crippen molar-refractivity contribution in [1.29, 1.82) is 0 Å². The Hall–Kier alpha value is -2.82. The minimum absolute atomic E-state index is 0.0354. The number of aldehydes is 1. The fourth-order valence-corrected chi connectivity index (χ4v) is 2.08. The van der Waals surface area contributed by atoms with Crippen LogP contribution in [0.3, 0.4) is 0 Å². The first kappa shape index (κ1) is 13.2. The number of nitrogens with zero attached hydrogens (tertiary/aromatic N) is 2. The molecule has 0 radical (unpaired) electrons. The molecule has 21 heavy (non-hydrogen) atoms. The first-order valence-corrected chi connectivity index (χ1v) is 6.25. The number of rotatable bonds is 3. The maximum atomic E-state index is 13.9. The van der Waals surface area contributed by atoms with Crippen molar-refractivity contribution >= 4 is 6.29 Å². The van der Waals surface area contributed by atoms with Gasteiger partial charge in [0.15, 0.2) is 17.9 Å². The zero-order chi connectivity index (χ0) is 14.8. The number of hydrogen-bond donors (Lipinski definition) is 0. The standard InChI is InChI=1S/C16H10F2N2O/c17-14-8-4-7-13(15(14)18)16-11(10-21)9-20(19-16)12-5-2-1-3-6-12/h1-10H. The van der Waals surface area contributed by atoms with Gasteiger partial charge in [0.05, 0.1) is 11.3 Å². The van der Waals surface area contributed by atoms with E-state index in [0.29, 0.717) is 6.29 Å². The van der Waals surface area contributed by atoms with Gasteiger partial charge in [0.25, 0.3) is 0 Å². The highest BCUT2D eigenvalue weighted by atomic mass is 19.2. The van der Waals surface area contributed by atoms with Crippen LogP contribution in [0.5, 0.6) is 0 Å². The molecule has 0 fully saturated rings. The van der Waals surface area contributed by atoms with Crippen molar-refractivity contribution in [1.82, 2.24) is 9.78 Å². The lowest BCUT2D eigenvalue weighted by Crippen LogP contribution is -1.95. The van der Waals surface area contributed by atoms with Gasteiger partial charge in [0, 0.05) is 11.8 Å². The van der Waals surface area contributed by atoms with Crippen molar-refractivity contribution in [2.75, 3.05) is 0 Å². The van der Waals surface area contributed by atoms with Gasteiger partial charge in [-0.15, -0.1) is 0 Å². The van der Waals surface area contributed by atoms with Crippen molar-refractivity contribution in [3.8, 4) is 16.9 Å². The van der Waals surface area contributed by atoms with Crippen LogP contribution in [0, 0.1) is 11.6 Å². The van der Waals surface area contributed by atoms with Crippen molar-refractivity contribution in [2.24, 2.45) is 0 Å². The molecule has 0 amide bonds. The van der Waals surface area contributed by atoms with Gasteiger partial charge >= 0.3 is 0 Å². The molecular weight excluding hydrogens is 274 g/mol. The van der Waals surface area contributed by atoms with E-state index in [1.165, 1.54) is 23.0 Å². The van der Waals surface area contributed by atoms with E-state index in [-0.39, 0.29) is 16.8 Å². The fraction of sp³-hybridized carbons (Fsp3) is 0. The smallest absolute Gasteiger partial charge is 0.168 e. The van der Waals surface area contributed by atoms with E-state index in [9.17, 15) is 13.6 Å². The summed E-state index contributed by atoms with van der Waals surface area (Å²) in [5, 5.41) is 4.20. The summed E-state index contributed by atoms with van der Waals surface area (Å²) in [6.45, 7) is 0. The van der Waals surface area contributed by atoms with Crippen LogP contribution < -0.4 is 0 Å². The number of halogens is 2. The van der Waals surface area contributed by atoms with E-state index in [1.54, 1.807) is 12.1 Å². The lowest BCUT2D eigenvalue weighted by atomic mass is 10.1. The largest absolute Gasteiger partial charge is 0.298 e. The fourth-order valence-electron chi connectivity index (χ4n) is 2.08. The maximum Gasteiger partial charge on any atom is 0.168 e. The molecule has 1 aromatic heterocycles. The van der Waals surface area contributed by atoms with Crippen LogP contribution in [0.25, 0.3) is 16.9 Å². The maximum absolute atomic E-state index is 13.9. The van der Waals surface area contributed by atoms with Crippen molar-refractivity contribution in [2.45, 2.75) is 0 Å². The normalized spacial score (nSPS) is 10.6. The number of aromatic nitrogens is 2. The Balaban J connectivity index is 2.17. The number of benzene rings is 2. The lowest BCUT2D eigenvalue weighted by molar-refractivity contribution is 0.112. The number of carbonyl (C=O) groups is 1. The average Bonchev–Trinajstić information content (AvgIpc) is 2.95. The summed E-state index contributed by atoms with van der Waals surface area (Å²) in [4.78, 5) is 11.2. The Morgan fingerprint density at radius 2 is 1.76 bits per heavy atom. The monoisotopic (exact) mass is 284 g/mol. The van der Waals surface area contributed by atoms with Gasteiger partial charge in [-0.05, 0) is 24.3 Å². The van der Waals surface area contributed by atoms with Crippen LogP contribution in [0.4, 0.5) is 8.78 Å². The molecular formula is C16H10F2N2O. The van der Waals surface area contributed by atoms with Crippen LogP contribution in [-0.4, -0.2) is 16.1 Å². The third-order valence-electron chi connectivity index (χ3n) is 3.10. The Morgan fingerprint density at radius 3 is 2.48 bits per heavy atom. The lowest BCUT2D eigenvalue weighted by Gasteiger charge is -2.02. The number of para-hydroxylation sites is 1. The van der Waals surface area contributed by atoms with E-state index in [0.717, 1.165) is 11.8 Å². The second kappa shape index (κ2) is 5.28. The van der Waals surface area contributed by atoms with E-state index >= 15 is 0 Å². The third kappa shape index (κ3) is 2.33. The van der Waals surface area contributed by atoms with Gasteiger partial charge in [-0.25, -0.2) is 13.5 Å². The molecule has 3 aromatic rings. The van der Waals surface area contributed by atoms with Gasteiger partial charge in [-0.2, -0.15) is 5.10 Å². The predicted octanol–water partition coefficient (Wildman–Crippen LogP) is 3.63. The Labute approximate surface area is 119 Å². The number of hydrogen-bond acceptors (Lipinski definition) is 2. The molecule has 0 unspecified atom stereocenters. The summed E-state index contributed by atoms with van der Waals surface area (Å²) in [5.74, 6) is -1.99. The predicted molar refractivity (Wildman–Crippen MR) is 74.3 cm³/mol. The van der Waals surface area contributed by atoms with E-state index < -0.39 is 11.6 Å². The van der Waals surface area contributed by atoms with E-state index in [2.05, 4.69) is 5.10 Å². The van der Waals surface area contributed by atoms with Crippen LogP contribution in [-0.2, 0) is 0 Å². The first-order valence-electron chi connectivity index (χ1n) is 6.25. The Kier molecular flexibility index (Phi) is 3.31. The van der Waals surface area contributed by atoms with Gasteiger partial charge in [0.1, 0.15) is 5.69 Å². The number of carbonyl (C=O) groups excluding carboxylic acids is 1. The second-order valence-electron chi connectivity index (χ2n) is 4.43. The van der Waals surface area contributed by atoms with Gasteiger partial charge < -0.3 is 0 Å². The summed E-state index contributed by atoms with van der Waals surface area (Å²) in [6, 6.07) is 12.9. The highest BCUT2D eigenvalue weighted by molar-refractivity contribution is 5.85. The molecule has 0 saturated heterocycles. The van der Waals surface area contributed by atoms with E-state index in [1.807, 2.05) is 18.2 Å². The summed E-state index contributed by atoms with van der Waals surface area (Å²) in [6.07, 6.45) is 2.06. The van der Waals surface area contributed by atoms with Gasteiger partial charge in [-0.3, -0.25) is 4.79 Å². The Bertz CT molecular complexity index is 797. The van der Waals surface area contributed by atoms with E-state index in [4.69, 9.17) is 0 Å². The van der Waals surface area contributed by atoms with Crippen molar-refractivity contribution in [3.63, 3.8) is 0 Å². The highest BCUT2D eigenvalue weighted by Crippen LogP contribution is 2.26. The second-order valence-corrected chi connectivity index (χ2v) is 4.43. The quantitative estimate of drug-likeness (QED) is 0.688. The van der Waals surface area contributed by atoms with Crippen molar-refractivity contribution < 1.29 is 13.6 Å². The molecule has 1 heterocycles. The summed E-state index contributed by atoms with van der Waals surface area (Å²) in [5.41, 5.74) is 1.00. The van der Waals surface area contributed by atoms with Crippen LogP contribution >= 0.6 is 0 Å². The van der Waals surface area contributed by atoms with Crippen LogP contribution in [0.2, 0.25) is 0 Å². The molecule has 3 rings (SSSR count). The summed E-state index contributed by atoms with van der Waals surface area (Å²) >= 11 is 0. The molecule has 2 aromatic carbocycles. The molecule has 5 heteroatoms. The molecule has 0 saturated carbocycles.